The van der Waals surface area contributed by atoms with Crippen LogP contribution in [0.15, 0.2) is 41.0 Å². The summed E-state index contributed by atoms with van der Waals surface area (Å²) in [6.07, 6.45) is 0. The number of fused-ring (bicyclic) bond motifs is 1. The number of pyridine rings is 1. The fourth-order valence-corrected chi connectivity index (χ4v) is 3.73. The lowest BCUT2D eigenvalue weighted by Gasteiger charge is -2.27. The number of methoxy groups -OCH3 is 1. The van der Waals surface area contributed by atoms with E-state index in [0.29, 0.717) is 5.56 Å². The quantitative estimate of drug-likeness (QED) is 0.439. The number of carbonyl (C=O) groups is 1. The highest BCUT2D eigenvalue weighted by Gasteiger charge is 2.38. The first-order valence-corrected chi connectivity index (χ1v) is 9.68. The number of nitrogens with zero attached hydrogens (tertiary/aromatic N) is 2. The molecule has 156 valence electrons. The van der Waals surface area contributed by atoms with Gasteiger partial charge >= 0.3 is 5.97 Å². The molecule has 2 heterocycles. The van der Waals surface area contributed by atoms with Crippen molar-refractivity contribution >= 4 is 28.5 Å². The summed E-state index contributed by atoms with van der Waals surface area (Å²) in [6, 6.07) is 7.86. The van der Waals surface area contributed by atoms with Crippen molar-refractivity contribution in [2.45, 2.75) is 26.7 Å². The number of esters is 1. The molecule has 0 saturated heterocycles. The molecule has 0 saturated carbocycles. The number of ether oxygens (including phenoxy) is 3. The third kappa shape index (κ3) is 3.84. The zero-order chi connectivity index (χ0) is 22.0. The predicted octanol–water partition coefficient (Wildman–Crippen LogP) is 3.78. The molecule has 0 aliphatic carbocycles. The summed E-state index contributed by atoms with van der Waals surface area (Å²) in [5.74, 6) is -1.32. The third-order valence-electron chi connectivity index (χ3n) is 5.04. The molecule has 1 atom stereocenters. The molecule has 0 radical (unpaired) electrons. The summed E-state index contributed by atoms with van der Waals surface area (Å²) in [4.78, 5) is 17.4. The molecule has 0 amide bonds. The molecule has 1 aromatic heterocycles. The van der Waals surface area contributed by atoms with Crippen LogP contribution < -0.4 is 5.73 Å². The van der Waals surface area contributed by atoms with Gasteiger partial charge in [-0.2, -0.15) is 5.26 Å². The van der Waals surface area contributed by atoms with Gasteiger partial charge in [0.15, 0.2) is 0 Å². The van der Waals surface area contributed by atoms with E-state index in [1.54, 1.807) is 6.92 Å². The molecule has 1 aromatic carbocycles. The molecule has 8 heteroatoms. The Morgan fingerprint density at radius 3 is 2.67 bits per heavy atom. The second kappa shape index (κ2) is 8.74. The second-order valence-corrected chi connectivity index (χ2v) is 7.35. The van der Waals surface area contributed by atoms with Crippen molar-refractivity contribution in [1.29, 1.82) is 5.26 Å². The molecule has 3 rings (SSSR count). The highest BCUT2D eigenvalue weighted by Crippen LogP contribution is 2.43. The smallest absolute Gasteiger partial charge is 0.338 e. The van der Waals surface area contributed by atoms with Gasteiger partial charge in [-0.15, -0.1) is 0 Å². The first kappa shape index (κ1) is 21.6. The lowest BCUT2D eigenvalue weighted by atomic mass is 9.83. The lowest BCUT2D eigenvalue weighted by Crippen LogP contribution is -2.26. The van der Waals surface area contributed by atoms with Gasteiger partial charge in [0.25, 0.3) is 0 Å². The summed E-state index contributed by atoms with van der Waals surface area (Å²) >= 11 is 6.56. The van der Waals surface area contributed by atoms with Crippen LogP contribution >= 0.6 is 11.6 Å². The van der Waals surface area contributed by atoms with E-state index in [9.17, 15) is 10.1 Å². The van der Waals surface area contributed by atoms with Crippen molar-refractivity contribution in [3.63, 3.8) is 0 Å². The zero-order valence-corrected chi connectivity index (χ0v) is 18.0. The molecule has 2 aromatic rings. The Bertz CT molecular complexity index is 1130. The van der Waals surface area contributed by atoms with Gasteiger partial charge in [0.1, 0.15) is 29.2 Å². The minimum atomic E-state index is -0.858. The van der Waals surface area contributed by atoms with Crippen LogP contribution in [-0.4, -0.2) is 31.3 Å². The Hall–Kier alpha value is -3.08. The Morgan fingerprint density at radius 1 is 1.30 bits per heavy atom. The standard InChI is InChI=1S/C22H22ClN3O4/c1-11-5-6-12(2)19-14(11)9-15(20(23)26-19)18-16(10-24)21(25)30-13(3)17(18)22(27)29-8-7-28-4/h5-6,9,18H,7-8,25H2,1-4H3. The number of aryl methyl sites for hydroxylation is 2. The van der Waals surface area contributed by atoms with Crippen molar-refractivity contribution in [3.8, 4) is 6.07 Å². The van der Waals surface area contributed by atoms with Gasteiger partial charge in [-0.3, -0.25) is 0 Å². The molecule has 7 nitrogen and oxygen atoms in total. The Balaban J connectivity index is 2.21. The Kier molecular flexibility index (Phi) is 6.30. The van der Waals surface area contributed by atoms with Crippen LogP contribution in [0.1, 0.15) is 29.5 Å². The SMILES string of the molecule is COCCOC(=O)C1=C(C)OC(N)=C(C#N)C1c1cc2c(C)ccc(C)c2nc1Cl. The number of hydrogen-bond acceptors (Lipinski definition) is 7. The first-order chi connectivity index (χ1) is 14.3. The van der Waals surface area contributed by atoms with E-state index in [4.69, 9.17) is 31.5 Å². The molecule has 0 fully saturated rings. The maximum atomic E-state index is 12.9. The number of nitriles is 1. The highest BCUT2D eigenvalue weighted by molar-refractivity contribution is 6.31. The maximum absolute atomic E-state index is 12.9. The lowest BCUT2D eigenvalue weighted by molar-refractivity contribution is -0.140. The number of nitrogens with two attached hydrogens (primary N) is 1. The van der Waals surface area contributed by atoms with E-state index < -0.39 is 11.9 Å². The molecule has 30 heavy (non-hydrogen) atoms. The van der Waals surface area contributed by atoms with E-state index in [0.717, 1.165) is 22.0 Å². The van der Waals surface area contributed by atoms with Crippen LogP contribution in [0, 0.1) is 25.2 Å². The van der Waals surface area contributed by atoms with Gasteiger partial charge in [0.05, 0.1) is 23.6 Å². The van der Waals surface area contributed by atoms with Crippen LogP contribution in [0.5, 0.6) is 0 Å². The van der Waals surface area contributed by atoms with Gasteiger partial charge in [-0.05, 0) is 38.0 Å². The normalized spacial score (nSPS) is 16.5. The van der Waals surface area contributed by atoms with E-state index in [1.165, 1.54) is 7.11 Å². The highest BCUT2D eigenvalue weighted by atomic mass is 35.5. The molecular formula is C22H22ClN3O4. The van der Waals surface area contributed by atoms with Crippen LogP contribution in [-0.2, 0) is 19.0 Å². The Labute approximate surface area is 179 Å². The molecule has 1 aliphatic rings. The fraction of sp³-hybridized carbons (Fsp3) is 0.318. The van der Waals surface area contributed by atoms with E-state index in [1.807, 2.05) is 32.0 Å². The maximum Gasteiger partial charge on any atom is 0.338 e. The van der Waals surface area contributed by atoms with Gasteiger partial charge < -0.3 is 19.9 Å². The number of rotatable bonds is 5. The van der Waals surface area contributed by atoms with Gasteiger partial charge in [-0.1, -0.05) is 23.7 Å². The molecule has 2 N–H and O–H groups in total. The van der Waals surface area contributed by atoms with Crippen molar-refractivity contribution in [2.24, 2.45) is 5.73 Å². The summed E-state index contributed by atoms with van der Waals surface area (Å²) in [5.41, 5.74) is 9.42. The van der Waals surface area contributed by atoms with Crippen LogP contribution in [0.25, 0.3) is 10.9 Å². The van der Waals surface area contributed by atoms with Gasteiger partial charge in [0.2, 0.25) is 5.88 Å². The minimum Gasteiger partial charge on any atom is -0.460 e. The first-order valence-electron chi connectivity index (χ1n) is 9.30. The van der Waals surface area contributed by atoms with Crippen molar-refractivity contribution < 1.29 is 19.0 Å². The number of halogens is 1. The van der Waals surface area contributed by atoms with E-state index in [-0.39, 0.29) is 41.2 Å². The van der Waals surface area contributed by atoms with Crippen molar-refractivity contribution in [3.05, 3.63) is 62.8 Å². The third-order valence-corrected chi connectivity index (χ3v) is 5.34. The number of allylic oxidation sites excluding steroid dienone is 2. The number of hydrogen-bond donors (Lipinski definition) is 1. The number of carbonyl (C=O) groups excluding carboxylic acids is 1. The number of benzene rings is 1. The van der Waals surface area contributed by atoms with Crippen LogP contribution in [0.3, 0.4) is 0 Å². The summed E-state index contributed by atoms with van der Waals surface area (Å²) in [6.45, 7) is 5.80. The van der Waals surface area contributed by atoms with E-state index >= 15 is 0 Å². The van der Waals surface area contributed by atoms with Crippen LogP contribution in [0.4, 0.5) is 0 Å². The molecule has 1 unspecified atom stereocenters. The molecule has 1 aliphatic heterocycles. The molecular weight excluding hydrogens is 406 g/mol. The van der Waals surface area contributed by atoms with Crippen LogP contribution in [0.2, 0.25) is 5.15 Å². The Morgan fingerprint density at radius 2 is 2.00 bits per heavy atom. The topological polar surface area (TPSA) is 107 Å². The number of aromatic nitrogens is 1. The zero-order valence-electron chi connectivity index (χ0n) is 17.2. The average Bonchev–Trinajstić information content (AvgIpc) is 2.70. The predicted molar refractivity (Wildman–Crippen MR) is 112 cm³/mol. The largest absolute Gasteiger partial charge is 0.460 e. The minimum absolute atomic E-state index is 0.0575. The van der Waals surface area contributed by atoms with Gasteiger partial charge in [0, 0.05) is 18.1 Å². The van der Waals surface area contributed by atoms with Gasteiger partial charge in [-0.25, -0.2) is 9.78 Å². The summed E-state index contributed by atoms with van der Waals surface area (Å²) < 4.78 is 15.7. The van der Waals surface area contributed by atoms with E-state index in [2.05, 4.69) is 11.1 Å². The summed E-state index contributed by atoms with van der Waals surface area (Å²) in [7, 11) is 1.51. The fourth-order valence-electron chi connectivity index (χ4n) is 3.48. The van der Waals surface area contributed by atoms with Crippen molar-refractivity contribution in [1.82, 2.24) is 4.98 Å². The van der Waals surface area contributed by atoms with Crippen molar-refractivity contribution in [2.75, 3.05) is 20.3 Å². The monoisotopic (exact) mass is 427 g/mol. The molecule has 0 bridgehead atoms. The summed E-state index contributed by atoms with van der Waals surface area (Å²) in [5, 5.41) is 10.8. The molecule has 0 spiro atoms. The average molecular weight is 428 g/mol. The second-order valence-electron chi connectivity index (χ2n) is 6.99.